The first-order valence-electron chi connectivity index (χ1n) is 7.78. The van der Waals surface area contributed by atoms with Crippen LogP contribution in [0.2, 0.25) is 0 Å². The number of nitrogens with one attached hydrogen (secondary N) is 1. The van der Waals surface area contributed by atoms with Crippen molar-refractivity contribution in [3.63, 3.8) is 0 Å². The summed E-state index contributed by atoms with van der Waals surface area (Å²) >= 11 is 0. The summed E-state index contributed by atoms with van der Waals surface area (Å²) in [6.07, 6.45) is 0.560. The van der Waals surface area contributed by atoms with Crippen molar-refractivity contribution in [2.75, 3.05) is 26.2 Å². The van der Waals surface area contributed by atoms with E-state index in [1.54, 1.807) is 0 Å². The summed E-state index contributed by atoms with van der Waals surface area (Å²) in [5.41, 5.74) is 1.63. The van der Waals surface area contributed by atoms with Crippen molar-refractivity contribution in [1.82, 2.24) is 14.8 Å². The van der Waals surface area contributed by atoms with E-state index in [-0.39, 0.29) is 11.5 Å². The summed E-state index contributed by atoms with van der Waals surface area (Å²) in [6, 6.07) is 9.78. The standard InChI is InChI=1S/C17H21N3O2/c1-2-16(21)20-9-7-19(8-10-20)12-14-11-13-5-3-4-6-15(13)18-17(14)22/h3-6,11H,2,7-10,12H2,1H3,(H,18,22). The summed E-state index contributed by atoms with van der Waals surface area (Å²) in [5, 5.41) is 1.05. The first-order chi connectivity index (χ1) is 10.7. The number of rotatable bonds is 3. The first kappa shape index (κ1) is 14.8. The molecule has 3 rings (SSSR count). The number of hydrogen-bond donors (Lipinski definition) is 1. The summed E-state index contributed by atoms with van der Waals surface area (Å²) in [5.74, 6) is 0.211. The van der Waals surface area contributed by atoms with Gasteiger partial charge in [-0.3, -0.25) is 14.5 Å². The van der Waals surface area contributed by atoms with Gasteiger partial charge in [-0.2, -0.15) is 0 Å². The molecule has 1 aliphatic rings. The summed E-state index contributed by atoms with van der Waals surface area (Å²) in [4.78, 5) is 30.9. The maximum Gasteiger partial charge on any atom is 0.252 e. The third-order valence-corrected chi connectivity index (χ3v) is 4.25. The van der Waals surface area contributed by atoms with Crippen LogP contribution in [0, 0.1) is 0 Å². The molecule has 0 saturated carbocycles. The number of aromatic nitrogens is 1. The van der Waals surface area contributed by atoms with Crippen LogP contribution in [0.4, 0.5) is 0 Å². The Morgan fingerprint density at radius 2 is 1.91 bits per heavy atom. The molecule has 0 atom stereocenters. The maximum absolute atomic E-state index is 12.2. The van der Waals surface area contributed by atoms with Gasteiger partial charge >= 0.3 is 0 Å². The number of carbonyl (C=O) groups is 1. The van der Waals surface area contributed by atoms with Crippen LogP contribution in [0.25, 0.3) is 10.9 Å². The number of amides is 1. The number of benzene rings is 1. The lowest BCUT2D eigenvalue weighted by Crippen LogP contribution is -2.48. The topological polar surface area (TPSA) is 56.4 Å². The number of hydrogen-bond acceptors (Lipinski definition) is 3. The first-order valence-corrected chi connectivity index (χ1v) is 7.78. The second kappa shape index (κ2) is 6.32. The van der Waals surface area contributed by atoms with Gasteiger partial charge < -0.3 is 9.88 Å². The molecule has 1 aromatic carbocycles. The van der Waals surface area contributed by atoms with E-state index in [1.807, 2.05) is 42.2 Å². The van der Waals surface area contributed by atoms with E-state index in [0.29, 0.717) is 13.0 Å². The van der Waals surface area contributed by atoms with Crippen LogP contribution in [0.1, 0.15) is 18.9 Å². The Hall–Kier alpha value is -2.14. The zero-order valence-corrected chi connectivity index (χ0v) is 12.8. The molecule has 0 aliphatic carbocycles. The Kier molecular flexibility index (Phi) is 4.24. The molecule has 2 aromatic rings. The van der Waals surface area contributed by atoms with Crippen molar-refractivity contribution in [1.29, 1.82) is 0 Å². The van der Waals surface area contributed by atoms with E-state index in [0.717, 1.165) is 42.6 Å². The van der Waals surface area contributed by atoms with Crippen LogP contribution >= 0.6 is 0 Å². The molecule has 1 fully saturated rings. The lowest BCUT2D eigenvalue weighted by atomic mass is 10.1. The van der Waals surface area contributed by atoms with E-state index >= 15 is 0 Å². The molecular weight excluding hydrogens is 278 g/mol. The summed E-state index contributed by atoms with van der Waals surface area (Å²) < 4.78 is 0. The summed E-state index contributed by atoms with van der Waals surface area (Å²) in [6.45, 7) is 5.66. The fourth-order valence-corrected chi connectivity index (χ4v) is 2.93. The van der Waals surface area contributed by atoms with Gasteiger partial charge in [0.15, 0.2) is 0 Å². The normalized spacial score (nSPS) is 16.1. The fourth-order valence-electron chi connectivity index (χ4n) is 2.93. The van der Waals surface area contributed by atoms with Gasteiger partial charge in [0.05, 0.1) is 0 Å². The molecule has 5 heteroatoms. The Balaban J connectivity index is 1.71. The van der Waals surface area contributed by atoms with Gasteiger partial charge in [-0.05, 0) is 17.5 Å². The molecule has 2 heterocycles. The minimum atomic E-state index is -0.0224. The minimum absolute atomic E-state index is 0.0224. The molecule has 0 spiro atoms. The number of para-hydroxylation sites is 1. The molecule has 5 nitrogen and oxygen atoms in total. The van der Waals surface area contributed by atoms with Gasteiger partial charge in [-0.1, -0.05) is 25.1 Å². The minimum Gasteiger partial charge on any atom is -0.340 e. The van der Waals surface area contributed by atoms with Crippen LogP contribution in [0.15, 0.2) is 35.1 Å². The average Bonchev–Trinajstić information content (AvgIpc) is 2.55. The van der Waals surface area contributed by atoms with Gasteiger partial charge in [0.25, 0.3) is 5.56 Å². The average molecular weight is 299 g/mol. The van der Waals surface area contributed by atoms with E-state index in [9.17, 15) is 9.59 Å². The zero-order chi connectivity index (χ0) is 15.5. The van der Waals surface area contributed by atoms with Crippen LogP contribution in [-0.2, 0) is 11.3 Å². The van der Waals surface area contributed by atoms with Crippen molar-refractivity contribution in [2.45, 2.75) is 19.9 Å². The van der Waals surface area contributed by atoms with Crippen LogP contribution < -0.4 is 5.56 Å². The second-order valence-corrected chi connectivity index (χ2v) is 5.72. The zero-order valence-electron chi connectivity index (χ0n) is 12.8. The fraction of sp³-hybridized carbons (Fsp3) is 0.412. The molecular formula is C17H21N3O2. The Morgan fingerprint density at radius 1 is 1.18 bits per heavy atom. The van der Waals surface area contributed by atoms with Gasteiger partial charge in [-0.15, -0.1) is 0 Å². The van der Waals surface area contributed by atoms with Crippen molar-refractivity contribution < 1.29 is 4.79 Å². The van der Waals surface area contributed by atoms with Crippen LogP contribution in [0.3, 0.4) is 0 Å². The van der Waals surface area contributed by atoms with Gasteiger partial charge in [0.2, 0.25) is 5.91 Å². The van der Waals surface area contributed by atoms with E-state index in [1.165, 1.54) is 0 Å². The number of pyridine rings is 1. The third-order valence-electron chi connectivity index (χ3n) is 4.25. The molecule has 0 bridgehead atoms. The molecule has 0 radical (unpaired) electrons. The number of nitrogens with zero attached hydrogens (tertiary/aromatic N) is 2. The van der Waals surface area contributed by atoms with Crippen molar-refractivity contribution in [3.05, 3.63) is 46.2 Å². The highest BCUT2D eigenvalue weighted by Gasteiger charge is 2.20. The van der Waals surface area contributed by atoms with E-state index in [4.69, 9.17) is 0 Å². The largest absolute Gasteiger partial charge is 0.340 e. The lowest BCUT2D eigenvalue weighted by molar-refractivity contribution is -0.132. The predicted molar refractivity (Wildman–Crippen MR) is 86.7 cm³/mol. The third kappa shape index (κ3) is 3.04. The molecule has 0 unspecified atom stereocenters. The number of carbonyl (C=O) groups excluding carboxylic acids is 1. The highest BCUT2D eigenvalue weighted by molar-refractivity contribution is 5.78. The monoisotopic (exact) mass is 299 g/mol. The number of aromatic amines is 1. The SMILES string of the molecule is CCC(=O)N1CCN(Cc2cc3ccccc3[nH]c2=O)CC1. The summed E-state index contributed by atoms with van der Waals surface area (Å²) in [7, 11) is 0. The predicted octanol–water partition coefficient (Wildman–Crippen LogP) is 1.58. The van der Waals surface area contributed by atoms with Crippen molar-refractivity contribution in [2.24, 2.45) is 0 Å². The number of H-pyrrole nitrogens is 1. The molecule has 1 saturated heterocycles. The molecule has 22 heavy (non-hydrogen) atoms. The molecule has 1 amide bonds. The maximum atomic E-state index is 12.2. The Morgan fingerprint density at radius 3 is 2.64 bits per heavy atom. The van der Waals surface area contributed by atoms with Gasteiger partial charge in [0, 0.05) is 50.2 Å². The number of piperazine rings is 1. The van der Waals surface area contributed by atoms with Gasteiger partial charge in [-0.25, -0.2) is 0 Å². The van der Waals surface area contributed by atoms with Crippen LogP contribution in [-0.4, -0.2) is 46.9 Å². The highest BCUT2D eigenvalue weighted by Crippen LogP contribution is 2.12. The molecule has 1 aromatic heterocycles. The van der Waals surface area contributed by atoms with E-state index < -0.39 is 0 Å². The Bertz CT molecular complexity index is 730. The number of fused-ring (bicyclic) bond motifs is 1. The quantitative estimate of drug-likeness (QED) is 0.936. The van der Waals surface area contributed by atoms with Crippen molar-refractivity contribution in [3.8, 4) is 0 Å². The lowest BCUT2D eigenvalue weighted by Gasteiger charge is -2.34. The van der Waals surface area contributed by atoms with Gasteiger partial charge in [0.1, 0.15) is 0 Å². The molecule has 1 N–H and O–H groups in total. The Labute approximate surface area is 129 Å². The smallest absolute Gasteiger partial charge is 0.252 e. The van der Waals surface area contributed by atoms with E-state index in [2.05, 4.69) is 9.88 Å². The van der Waals surface area contributed by atoms with Crippen molar-refractivity contribution >= 4 is 16.8 Å². The molecule has 116 valence electrons. The second-order valence-electron chi connectivity index (χ2n) is 5.72. The highest BCUT2D eigenvalue weighted by atomic mass is 16.2. The molecule has 1 aliphatic heterocycles. The van der Waals surface area contributed by atoms with Crippen LogP contribution in [0.5, 0.6) is 0 Å².